The van der Waals surface area contributed by atoms with Crippen molar-refractivity contribution in [3.05, 3.63) is 17.5 Å². The number of hydrogen-bond donors (Lipinski definition) is 0. The van der Waals surface area contributed by atoms with Gasteiger partial charge in [0.2, 0.25) is 0 Å². The maximum Gasteiger partial charge on any atom is 0.435 e. The van der Waals surface area contributed by atoms with Crippen LogP contribution < -0.4 is 0 Å². The summed E-state index contributed by atoms with van der Waals surface area (Å²) in [6.45, 7) is 0.469. The number of hydrogen-bond acceptors (Lipinski definition) is 2. The van der Waals surface area contributed by atoms with Crippen molar-refractivity contribution in [2.75, 3.05) is 0 Å². The van der Waals surface area contributed by atoms with Gasteiger partial charge in [-0.15, -0.1) is 0 Å². The number of alkyl halides is 3. The zero-order valence-corrected chi connectivity index (χ0v) is 9.91. The molecule has 2 rings (SSSR count). The molecule has 1 saturated carbocycles. The van der Waals surface area contributed by atoms with Crippen molar-refractivity contribution in [2.24, 2.45) is 5.92 Å². The standard InChI is InChI=1S/C12H15F3N2O/c13-12(14,15)11-10(8-18)7-17(16-11)6-9-4-2-1-3-5-9/h7-9H,1-6H2. The number of rotatable bonds is 3. The SMILES string of the molecule is O=Cc1cn(CC2CCCCC2)nc1C(F)(F)F. The number of carbonyl (C=O) groups excluding carboxylic acids is 1. The Kier molecular flexibility index (Phi) is 3.73. The van der Waals surface area contributed by atoms with E-state index in [4.69, 9.17) is 0 Å². The van der Waals surface area contributed by atoms with Crippen molar-refractivity contribution in [2.45, 2.75) is 44.8 Å². The molecule has 1 heterocycles. The van der Waals surface area contributed by atoms with Gasteiger partial charge >= 0.3 is 6.18 Å². The lowest BCUT2D eigenvalue weighted by atomic mass is 9.89. The van der Waals surface area contributed by atoms with Crippen molar-refractivity contribution in [1.82, 2.24) is 9.78 Å². The van der Waals surface area contributed by atoms with E-state index in [1.807, 2.05) is 0 Å². The summed E-state index contributed by atoms with van der Waals surface area (Å²) in [5, 5.41) is 3.51. The van der Waals surface area contributed by atoms with E-state index in [1.165, 1.54) is 17.3 Å². The molecule has 1 aromatic rings. The molecule has 0 N–H and O–H groups in total. The monoisotopic (exact) mass is 260 g/mol. The Hall–Kier alpha value is -1.33. The highest BCUT2D eigenvalue weighted by molar-refractivity contribution is 5.76. The molecule has 0 aliphatic heterocycles. The normalized spacial score (nSPS) is 17.9. The van der Waals surface area contributed by atoms with Crippen molar-refractivity contribution in [3.8, 4) is 0 Å². The van der Waals surface area contributed by atoms with E-state index in [9.17, 15) is 18.0 Å². The minimum Gasteiger partial charge on any atom is -0.298 e. The Labute approximate surface area is 103 Å². The summed E-state index contributed by atoms with van der Waals surface area (Å²) < 4.78 is 39.0. The molecule has 0 radical (unpaired) electrons. The molecule has 1 fully saturated rings. The summed E-state index contributed by atoms with van der Waals surface area (Å²) in [6.07, 6.45) is 2.35. The topological polar surface area (TPSA) is 34.9 Å². The quantitative estimate of drug-likeness (QED) is 0.781. The maximum atomic E-state index is 12.6. The van der Waals surface area contributed by atoms with Crippen molar-refractivity contribution >= 4 is 6.29 Å². The smallest absolute Gasteiger partial charge is 0.298 e. The van der Waals surface area contributed by atoms with Crippen LogP contribution in [0.4, 0.5) is 13.2 Å². The first-order chi connectivity index (χ1) is 8.50. The third-order valence-corrected chi connectivity index (χ3v) is 3.36. The molecule has 0 amide bonds. The Morgan fingerprint density at radius 3 is 2.50 bits per heavy atom. The Balaban J connectivity index is 2.14. The highest BCUT2D eigenvalue weighted by Gasteiger charge is 2.37. The molecule has 1 aromatic heterocycles. The zero-order chi connectivity index (χ0) is 13.2. The van der Waals surface area contributed by atoms with Crippen LogP contribution in [-0.2, 0) is 12.7 Å². The fraction of sp³-hybridized carbons (Fsp3) is 0.667. The molecule has 6 heteroatoms. The van der Waals surface area contributed by atoms with Gasteiger partial charge in [0.25, 0.3) is 0 Å². The van der Waals surface area contributed by atoms with Gasteiger partial charge in [-0.05, 0) is 18.8 Å². The van der Waals surface area contributed by atoms with Gasteiger partial charge in [0.05, 0.1) is 5.56 Å². The highest BCUT2D eigenvalue weighted by atomic mass is 19.4. The second-order valence-corrected chi connectivity index (χ2v) is 4.77. The lowest BCUT2D eigenvalue weighted by Gasteiger charge is -2.21. The van der Waals surface area contributed by atoms with Crippen LogP contribution in [0.5, 0.6) is 0 Å². The third kappa shape index (κ3) is 2.91. The number of aldehydes is 1. The summed E-state index contributed by atoms with van der Waals surface area (Å²) in [5.74, 6) is 0.374. The van der Waals surface area contributed by atoms with Crippen LogP contribution in [0.1, 0.15) is 48.2 Å². The van der Waals surface area contributed by atoms with E-state index >= 15 is 0 Å². The first-order valence-electron chi connectivity index (χ1n) is 6.10. The van der Waals surface area contributed by atoms with Crippen molar-refractivity contribution in [3.63, 3.8) is 0 Å². The van der Waals surface area contributed by atoms with E-state index in [0.29, 0.717) is 12.5 Å². The summed E-state index contributed by atoms with van der Waals surface area (Å²) in [6, 6.07) is 0. The molecule has 0 unspecified atom stereocenters. The van der Waals surface area contributed by atoms with E-state index in [0.717, 1.165) is 25.7 Å². The molecule has 3 nitrogen and oxygen atoms in total. The molecule has 18 heavy (non-hydrogen) atoms. The Bertz CT molecular complexity index is 419. The van der Waals surface area contributed by atoms with E-state index in [2.05, 4.69) is 5.10 Å². The molecule has 0 aromatic carbocycles. The average molecular weight is 260 g/mol. The van der Waals surface area contributed by atoms with Gasteiger partial charge in [0.15, 0.2) is 12.0 Å². The minimum atomic E-state index is -4.56. The minimum absolute atomic E-state index is 0.215. The van der Waals surface area contributed by atoms with Crippen molar-refractivity contribution in [1.29, 1.82) is 0 Å². The van der Waals surface area contributed by atoms with Crippen LogP contribution >= 0.6 is 0 Å². The first-order valence-corrected chi connectivity index (χ1v) is 6.10. The second kappa shape index (κ2) is 5.12. The lowest BCUT2D eigenvalue weighted by molar-refractivity contribution is -0.141. The van der Waals surface area contributed by atoms with Crippen LogP contribution in [0.25, 0.3) is 0 Å². The predicted octanol–water partition coefficient (Wildman–Crippen LogP) is 3.29. The molecular weight excluding hydrogens is 245 g/mol. The van der Waals surface area contributed by atoms with Gasteiger partial charge in [-0.25, -0.2) is 0 Å². The molecule has 0 atom stereocenters. The van der Waals surface area contributed by atoms with Crippen LogP contribution in [0.2, 0.25) is 0 Å². The Morgan fingerprint density at radius 1 is 1.33 bits per heavy atom. The van der Waals surface area contributed by atoms with Crippen LogP contribution in [0, 0.1) is 5.92 Å². The molecule has 0 saturated heterocycles. The van der Waals surface area contributed by atoms with E-state index < -0.39 is 11.9 Å². The van der Waals surface area contributed by atoms with Crippen molar-refractivity contribution < 1.29 is 18.0 Å². The summed E-state index contributed by atoms with van der Waals surface area (Å²) in [5.41, 5.74) is -1.45. The molecule has 1 aliphatic rings. The Morgan fingerprint density at radius 2 is 2.00 bits per heavy atom. The number of aromatic nitrogens is 2. The molecule has 1 aliphatic carbocycles. The molecule has 0 bridgehead atoms. The van der Waals surface area contributed by atoms with Crippen LogP contribution in [0.15, 0.2) is 6.20 Å². The molecular formula is C12H15F3N2O. The van der Waals surface area contributed by atoms with Gasteiger partial charge in [-0.1, -0.05) is 19.3 Å². The highest BCUT2D eigenvalue weighted by Crippen LogP contribution is 2.31. The lowest BCUT2D eigenvalue weighted by Crippen LogP contribution is -2.15. The van der Waals surface area contributed by atoms with E-state index in [1.54, 1.807) is 0 Å². The number of halogens is 3. The summed E-state index contributed by atoms with van der Waals surface area (Å²) in [4.78, 5) is 10.6. The van der Waals surface area contributed by atoms with Gasteiger partial charge in [-0.2, -0.15) is 18.3 Å². The summed E-state index contributed by atoms with van der Waals surface area (Å²) in [7, 11) is 0. The largest absolute Gasteiger partial charge is 0.435 e. The zero-order valence-electron chi connectivity index (χ0n) is 9.91. The van der Waals surface area contributed by atoms with Gasteiger partial charge < -0.3 is 0 Å². The number of carbonyl (C=O) groups is 1. The molecule has 100 valence electrons. The molecule has 0 spiro atoms. The van der Waals surface area contributed by atoms with Crippen LogP contribution in [0.3, 0.4) is 0 Å². The first kappa shape index (κ1) is 13.1. The second-order valence-electron chi connectivity index (χ2n) is 4.77. The fourth-order valence-corrected chi connectivity index (χ4v) is 2.47. The fourth-order valence-electron chi connectivity index (χ4n) is 2.47. The summed E-state index contributed by atoms with van der Waals surface area (Å²) >= 11 is 0. The van der Waals surface area contributed by atoms with Gasteiger partial charge in [0, 0.05) is 12.7 Å². The van der Waals surface area contributed by atoms with Gasteiger partial charge in [-0.3, -0.25) is 9.48 Å². The van der Waals surface area contributed by atoms with Gasteiger partial charge in [0.1, 0.15) is 0 Å². The van der Waals surface area contributed by atoms with E-state index in [-0.39, 0.29) is 11.8 Å². The average Bonchev–Trinajstić information content (AvgIpc) is 2.73. The third-order valence-electron chi connectivity index (χ3n) is 3.36. The van der Waals surface area contributed by atoms with Crippen LogP contribution in [-0.4, -0.2) is 16.1 Å². The predicted molar refractivity (Wildman–Crippen MR) is 59.2 cm³/mol. The maximum absolute atomic E-state index is 12.6. The number of nitrogens with zero attached hydrogens (tertiary/aromatic N) is 2.